The summed E-state index contributed by atoms with van der Waals surface area (Å²) >= 11 is 0. The number of methoxy groups -OCH3 is 1. The van der Waals surface area contributed by atoms with E-state index in [1.165, 1.54) is 23.1 Å². The van der Waals surface area contributed by atoms with E-state index in [0.717, 1.165) is 105 Å². The van der Waals surface area contributed by atoms with Crippen LogP contribution < -0.4 is 15.8 Å². The van der Waals surface area contributed by atoms with Gasteiger partial charge in [-0.25, -0.2) is 4.99 Å². The molecule has 6 aliphatic carbocycles. The molecule has 9 nitrogen and oxygen atoms in total. The normalized spacial score (nSPS) is 29.3. The van der Waals surface area contributed by atoms with Gasteiger partial charge in [-0.05, 0) is 165 Å². The summed E-state index contributed by atoms with van der Waals surface area (Å²) in [5.41, 5.74) is 15.3. The Morgan fingerprint density at radius 2 is 1.84 bits per heavy atom. The van der Waals surface area contributed by atoms with Crippen LogP contribution in [0, 0.1) is 47.3 Å². The number of aliphatic hydroxyl groups excluding tert-OH is 1. The van der Waals surface area contributed by atoms with Crippen molar-refractivity contribution in [3.63, 3.8) is 0 Å². The Kier molecular flexibility index (Phi) is 14.6. The minimum absolute atomic E-state index is 0.00105. The van der Waals surface area contributed by atoms with Gasteiger partial charge in [-0.1, -0.05) is 98.2 Å². The number of aryl methyl sites for hydroxylation is 1. The molecule has 3 fully saturated rings. The highest BCUT2D eigenvalue weighted by atomic mass is 16.5. The van der Waals surface area contributed by atoms with Crippen LogP contribution in [-0.2, 0) is 27.9 Å². The largest absolute Gasteiger partial charge is 0.508 e. The lowest BCUT2D eigenvalue weighted by Crippen LogP contribution is -2.50. The van der Waals surface area contributed by atoms with Gasteiger partial charge in [0.05, 0.1) is 24.3 Å². The zero-order valence-corrected chi connectivity index (χ0v) is 41.5. The van der Waals surface area contributed by atoms with Crippen LogP contribution >= 0.6 is 0 Å². The first-order valence-corrected chi connectivity index (χ1v) is 26.8. The average Bonchev–Trinajstić information content (AvgIpc) is 3.87. The molecule has 370 valence electrons. The van der Waals surface area contributed by atoms with Crippen molar-refractivity contribution < 1.29 is 29.6 Å². The van der Waals surface area contributed by atoms with Gasteiger partial charge in [0.25, 0.3) is 0 Å². The molecule has 70 heavy (non-hydrogen) atoms. The van der Waals surface area contributed by atoms with E-state index in [4.69, 9.17) is 20.2 Å². The summed E-state index contributed by atoms with van der Waals surface area (Å²) < 4.78 is 13.1. The summed E-state index contributed by atoms with van der Waals surface area (Å²) in [5, 5.41) is 38.5. The molecule has 0 radical (unpaired) electrons. The number of benzene rings is 3. The molecule has 1 aliphatic heterocycles. The first-order valence-electron chi connectivity index (χ1n) is 26.8. The van der Waals surface area contributed by atoms with Crippen LogP contribution in [0.2, 0.25) is 0 Å². The number of phenolic OH excluding ortho intramolecular Hbond substituents is 2. The minimum Gasteiger partial charge on any atom is -0.508 e. The molecule has 3 aromatic rings. The van der Waals surface area contributed by atoms with E-state index in [1.807, 2.05) is 24.3 Å². The molecule has 1 spiro atoms. The molecule has 0 saturated heterocycles. The van der Waals surface area contributed by atoms with Gasteiger partial charge >= 0.3 is 0 Å². The number of rotatable bonds is 10. The van der Waals surface area contributed by atoms with Crippen LogP contribution in [0.25, 0.3) is 0 Å². The van der Waals surface area contributed by atoms with Crippen molar-refractivity contribution in [3.05, 3.63) is 123 Å². The summed E-state index contributed by atoms with van der Waals surface area (Å²) in [6.07, 6.45) is 26.0. The predicted molar refractivity (Wildman–Crippen MR) is 277 cm³/mol. The number of aromatic hydroxyl groups is 2. The molecule has 0 amide bonds. The third-order valence-corrected chi connectivity index (χ3v) is 17.4. The maximum atomic E-state index is 13.9. The molecule has 0 aromatic heterocycles. The van der Waals surface area contributed by atoms with Crippen molar-refractivity contribution in [3.8, 4) is 29.1 Å². The quantitative estimate of drug-likeness (QED) is 0.0767. The number of nitrogens with one attached hydrogen (secondary N) is 1. The Hall–Kier alpha value is -5.30. The fourth-order valence-corrected chi connectivity index (χ4v) is 14.1. The Morgan fingerprint density at radius 3 is 2.66 bits per heavy atom. The van der Waals surface area contributed by atoms with E-state index in [2.05, 4.69) is 72.6 Å². The minimum atomic E-state index is -0.361. The lowest BCUT2D eigenvalue weighted by atomic mass is 9.55. The highest BCUT2D eigenvalue weighted by Crippen LogP contribution is 2.59. The third-order valence-electron chi connectivity index (χ3n) is 17.4. The Balaban J connectivity index is 1.15. The Bertz CT molecular complexity index is 2590. The number of carbonyl (C=O) groups is 1. The summed E-state index contributed by atoms with van der Waals surface area (Å²) in [6.45, 7) is 2.88. The highest BCUT2D eigenvalue weighted by molar-refractivity contribution is 5.90. The number of hydrogen-bond donors (Lipinski definition) is 5. The second-order valence-electron chi connectivity index (χ2n) is 22.2. The van der Waals surface area contributed by atoms with Crippen molar-refractivity contribution >= 4 is 11.7 Å². The van der Waals surface area contributed by atoms with Crippen LogP contribution in [0.1, 0.15) is 160 Å². The summed E-state index contributed by atoms with van der Waals surface area (Å²) in [5.74, 6) is 9.00. The van der Waals surface area contributed by atoms with E-state index in [-0.39, 0.29) is 89.4 Å². The van der Waals surface area contributed by atoms with Crippen LogP contribution in [-0.4, -0.2) is 59.5 Å². The second kappa shape index (κ2) is 21.2. The van der Waals surface area contributed by atoms with E-state index in [9.17, 15) is 20.1 Å². The number of carbonyl (C=O) groups excluding carboxylic acids is 1. The maximum absolute atomic E-state index is 13.9. The van der Waals surface area contributed by atoms with Gasteiger partial charge in [-0.15, -0.1) is 0 Å². The van der Waals surface area contributed by atoms with Crippen molar-refractivity contribution in [2.24, 2.45) is 46.2 Å². The van der Waals surface area contributed by atoms with E-state index < -0.39 is 0 Å². The summed E-state index contributed by atoms with van der Waals surface area (Å²) in [6, 6.07) is 16.9. The highest BCUT2D eigenvalue weighted by Gasteiger charge is 2.49. The van der Waals surface area contributed by atoms with Gasteiger partial charge in [0.1, 0.15) is 5.75 Å². The Morgan fingerprint density at radius 1 is 1.00 bits per heavy atom. The molecular formula is C61H75N3O6. The number of guanidine groups is 1. The predicted octanol–water partition coefficient (Wildman–Crippen LogP) is 11.0. The van der Waals surface area contributed by atoms with Gasteiger partial charge in [0.2, 0.25) is 0 Å². The lowest BCUT2D eigenvalue weighted by molar-refractivity contribution is -0.114. The van der Waals surface area contributed by atoms with Crippen LogP contribution in [0.5, 0.6) is 17.2 Å². The number of ether oxygens (including phenoxy) is 2. The summed E-state index contributed by atoms with van der Waals surface area (Å²) in [7, 11) is 1.79. The number of nitrogens with two attached hydrogens (primary N) is 1. The third kappa shape index (κ3) is 10.2. The SMILES string of the molecule is COC[C@H]1[C@@H]2c3c(O)c(OC4CCCC4)cc(CCC(=O)/C=C/[C@H]4CCC=C[C@@H]4CO)c3C#CC[C@H]3C[C@H]1C=C1[C@@H](C[C@H](C)C[C@@H]12)c1cc(O)cc(c1)Cc1cccc(c1)C1(CCCCC1)NC(N)=N3. The number of aliphatic hydroxyl groups is 1. The number of aliphatic imine (C=N–C) groups is 1. The van der Waals surface area contributed by atoms with Gasteiger partial charge in [0, 0.05) is 55.4 Å². The molecule has 3 saturated carbocycles. The standard InChI is InChI=1S/C61H75N3O6/c1-38-26-52-44-29-40(31-49(67)33-44)28-39-12-10-15-46(30-39)61(24-8-3-9-25-61)64-60(62)63-47-16-11-19-51-42(21-23-48(66)22-20-41-13-4-5-14-43(41)36-65)35-56(70-50-17-6-7-18-50)59(68)58(51)57-54(27-38)53(52)34-45(32-47)55(57)37-69-2/h5,10,12,14-15,20,22,29-31,33-35,38,41,43,45,47,50,52,54-55,57,65,67-68H,3-4,6-9,13,16-18,21,23-28,32,36-37H2,1-2H3,(H3,62,63,64)/b22-20+/t38-,41+,43+,45-,47-,52-,54-,55+,57+/m0/s1. The molecule has 6 N–H and O–H groups in total. The smallest absolute Gasteiger partial charge is 0.189 e. The number of nitrogens with zero attached hydrogens (tertiary/aromatic N) is 1. The lowest BCUT2D eigenvalue weighted by Gasteiger charge is -2.49. The maximum Gasteiger partial charge on any atom is 0.189 e. The number of fused-ring (bicyclic) bond motifs is 11. The van der Waals surface area contributed by atoms with Gasteiger partial charge in [-0.3, -0.25) is 4.79 Å². The van der Waals surface area contributed by atoms with E-state index in [1.54, 1.807) is 13.2 Å². The van der Waals surface area contributed by atoms with E-state index in [0.29, 0.717) is 49.9 Å². The second-order valence-corrected chi connectivity index (χ2v) is 22.2. The Labute approximate surface area is 416 Å². The number of phenols is 2. The number of hydrogen-bond acceptors (Lipinski definition) is 9. The number of ketones is 1. The van der Waals surface area contributed by atoms with Crippen molar-refractivity contribution in [1.29, 1.82) is 0 Å². The first kappa shape index (κ1) is 48.3. The molecule has 0 unspecified atom stereocenters. The van der Waals surface area contributed by atoms with Gasteiger partial charge in [-0.2, -0.15) is 0 Å². The molecule has 10 rings (SSSR count). The molecular weight excluding hydrogens is 871 g/mol. The fraction of sp³-hybridized carbons (Fsp3) is 0.541. The number of allylic oxidation sites excluding steroid dienone is 5. The van der Waals surface area contributed by atoms with Crippen LogP contribution in [0.15, 0.2) is 89.5 Å². The van der Waals surface area contributed by atoms with Crippen molar-refractivity contribution in [2.45, 2.75) is 152 Å². The van der Waals surface area contributed by atoms with Gasteiger partial charge < -0.3 is 35.8 Å². The monoisotopic (exact) mass is 946 g/mol. The fourth-order valence-electron chi connectivity index (χ4n) is 14.1. The average molecular weight is 946 g/mol. The zero-order valence-electron chi connectivity index (χ0n) is 41.5. The zero-order chi connectivity index (χ0) is 48.4. The topological polar surface area (TPSA) is 147 Å². The molecule has 1 heterocycles. The molecule has 9 heteroatoms. The first-order chi connectivity index (χ1) is 34.1. The molecule has 3 aromatic carbocycles. The molecule has 7 aliphatic rings. The van der Waals surface area contributed by atoms with Crippen molar-refractivity contribution in [1.82, 2.24) is 5.32 Å². The molecule has 8 bridgehead atoms. The summed E-state index contributed by atoms with van der Waals surface area (Å²) in [4.78, 5) is 19.3. The van der Waals surface area contributed by atoms with E-state index >= 15 is 0 Å². The van der Waals surface area contributed by atoms with Crippen LogP contribution in [0.3, 0.4) is 0 Å². The molecule has 9 atom stereocenters. The van der Waals surface area contributed by atoms with Crippen LogP contribution in [0.4, 0.5) is 0 Å². The van der Waals surface area contributed by atoms with Gasteiger partial charge in [0.15, 0.2) is 23.2 Å². The van der Waals surface area contributed by atoms with Crippen molar-refractivity contribution in [2.75, 3.05) is 20.3 Å².